The monoisotopic (exact) mass is 539 g/mol. The lowest BCUT2D eigenvalue weighted by Crippen LogP contribution is -2.60. The predicted molar refractivity (Wildman–Crippen MR) is 141 cm³/mol. The third-order valence-electron chi connectivity index (χ3n) is 8.76. The molecular weight excluding hydrogens is 502 g/mol. The third-order valence-corrected chi connectivity index (χ3v) is 8.76. The molecule has 3 fully saturated rings. The Bertz CT molecular complexity index is 1260. The molecule has 3 saturated heterocycles. The van der Waals surface area contributed by atoms with Gasteiger partial charge in [0.1, 0.15) is 23.8 Å². The smallest absolute Gasteiger partial charge is 0.312 e. The molecule has 3 aliphatic rings. The van der Waals surface area contributed by atoms with Crippen LogP contribution in [0.5, 0.6) is 0 Å². The van der Waals surface area contributed by atoms with Crippen LogP contribution in [0.25, 0.3) is 11.0 Å². The Morgan fingerprint density at radius 2 is 2.13 bits per heavy atom. The summed E-state index contributed by atoms with van der Waals surface area (Å²) in [5.41, 5.74) is 0.288. The van der Waals surface area contributed by atoms with Crippen LogP contribution in [-0.2, 0) is 30.5 Å². The van der Waals surface area contributed by atoms with E-state index < -0.39 is 41.6 Å². The largest absolute Gasteiger partial charge is 0.466 e. The number of rotatable bonds is 11. The normalized spacial score (nSPS) is 28.9. The molecule has 0 unspecified atom stereocenters. The third kappa shape index (κ3) is 4.22. The zero-order chi connectivity index (χ0) is 27.9. The second-order valence-electron chi connectivity index (χ2n) is 10.8. The molecule has 11 nitrogen and oxygen atoms in total. The van der Waals surface area contributed by atoms with Crippen LogP contribution in [0.2, 0.25) is 0 Å². The second-order valence-corrected chi connectivity index (χ2v) is 10.8. The van der Waals surface area contributed by atoms with Gasteiger partial charge in [-0.25, -0.2) is 4.68 Å². The maximum Gasteiger partial charge on any atom is 0.312 e. The molecule has 0 saturated carbocycles. The van der Waals surface area contributed by atoms with E-state index in [0.29, 0.717) is 24.8 Å². The zero-order valence-corrected chi connectivity index (χ0v) is 22.7. The second kappa shape index (κ2) is 10.7. The highest BCUT2D eigenvalue weighted by molar-refractivity contribution is 5.98. The van der Waals surface area contributed by atoms with Gasteiger partial charge in [-0.05, 0) is 37.8 Å². The van der Waals surface area contributed by atoms with Crippen LogP contribution in [0.3, 0.4) is 0 Å². The highest BCUT2D eigenvalue weighted by Crippen LogP contribution is 2.59. The summed E-state index contributed by atoms with van der Waals surface area (Å²) in [4.78, 5) is 44.9. The summed E-state index contributed by atoms with van der Waals surface area (Å²) in [6, 6.07) is 5.84. The van der Waals surface area contributed by atoms with Crippen LogP contribution >= 0.6 is 0 Å². The van der Waals surface area contributed by atoms with E-state index in [1.807, 2.05) is 38.1 Å². The Morgan fingerprint density at radius 3 is 2.82 bits per heavy atom. The molecule has 2 amide bonds. The van der Waals surface area contributed by atoms with Crippen molar-refractivity contribution in [2.45, 2.75) is 70.5 Å². The van der Waals surface area contributed by atoms with Gasteiger partial charge in [0.15, 0.2) is 0 Å². The lowest BCUT2D eigenvalue weighted by molar-refractivity contribution is -0.157. The number of benzene rings is 1. The Morgan fingerprint density at radius 1 is 1.36 bits per heavy atom. The molecule has 3 aliphatic heterocycles. The quantitative estimate of drug-likeness (QED) is 0.338. The maximum atomic E-state index is 14.6. The first-order chi connectivity index (χ1) is 18.8. The van der Waals surface area contributed by atoms with Crippen LogP contribution < -0.4 is 0 Å². The fraction of sp³-hybridized carbons (Fsp3) is 0.607. The lowest BCUT2D eigenvalue weighted by Gasteiger charge is -2.40. The molecule has 1 N–H and O–H groups in total. The van der Waals surface area contributed by atoms with Gasteiger partial charge in [-0.2, -0.15) is 0 Å². The van der Waals surface area contributed by atoms with Gasteiger partial charge in [0.05, 0.1) is 42.7 Å². The number of hydrogen-bond donors (Lipinski definition) is 1. The predicted octanol–water partition coefficient (Wildman–Crippen LogP) is 1.75. The standard InChI is InChI=1S/C28H37N5O6/c1-5-14-31(16-32-19-11-9-8-10-18(19)29-30-32)26(36)24-28-13-12-21(39-28)22(27(37)38-7-3)23(28)25(35)33(24)20(15-34)17(4)6-2/h5,8-11,17,20-24,34H,1,6-7,12-16H2,2-4H3/t17-,20-,21+,22-,23-,24+,28-/m0/s1. The van der Waals surface area contributed by atoms with Gasteiger partial charge >= 0.3 is 5.97 Å². The summed E-state index contributed by atoms with van der Waals surface area (Å²) in [5, 5.41) is 18.9. The molecule has 210 valence electrons. The fourth-order valence-corrected chi connectivity index (χ4v) is 6.78. The summed E-state index contributed by atoms with van der Waals surface area (Å²) in [5.74, 6) is -2.86. The minimum Gasteiger partial charge on any atom is -0.466 e. The molecule has 2 bridgehead atoms. The van der Waals surface area contributed by atoms with Gasteiger partial charge in [-0.15, -0.1) is 11.7 Å². The molecule has 1 aromatic carbocycles. The number of aliphatic hydroxyl groups excluding tert-OH is 1. The Kier molecular flexibility index (Phi) is 7.47. The van der Waals surface area contributed by atoms with Crippen molar-refractivity contribution in [3.8, 4) is 0 Å². The van der Waals surface area contributed by atoms with Crippen molar-refractivity contribution in [2.24, 2.45) is 17.8 Å². The number of likely N-dealkylation sites (tertiary alicyclic amines) is 1. The number of fused-ring (bicyclic) bond motifs is 2. The summed E-state index contributed by atoms with van der Waals surface area (Å²) in [6.07, 6.45) is 2.84. The van der Waals surface area contributed by atoms with Gasteiger partial charge in [0, 0.05) is 6.54 Å². The number of esters is 1. The van der Waals surface area contributed by atoms with E-state index in [1.54, 1.807) is 22.6 Å². The molecule has 1 aromatic heterocycles. The van der Waals surface area contributed by atoms with Crippen molar-refractivity contribution in [3.63, 3.8) is 0 Å². The van der Waals surface area contributed by atoms with Crippen molar-refractivity contribution in [2.75, 3.05) is 19.8 Å². The molecule has 39 heavy (non-hydrogen) atoms. The van der Waals surface area contributed by atoms with E-state index in [1.165, 1.54) is 4.90 Å². The first-order valence-electron chi connectivity index (χ1n) is 13.8. The molecule has 0 aliphatic carbocycles. The number of para-hydroxylation sites is 1. The number of amides is 2. The first kappa shape index (κ1) is 27.3. The van der Waals surface area contributed by atoms with E-state index >= 15 is 0 Å². The van der Waals surface area contributed by atoms with E-state index in [-0.39, 0.29) is 44.2 Å². The van der Waals surface area contributed by atoms with Crippen molar-refractivity contribution < 1.29 is 29.0 Å². The van der Waals surface area contributed by atoms with Crippen LogP contribution in [0.15, 0.2) is 36.9 Å². The molecule has 7 atom stereocenters. The number of aliphatic hydroxyl groups is 1. The molecule has 0 radical (unpaired) electrons. The van der Waals surface area contributed by atoms with Gasteiger partial charge in [-0.1, -0.05) is 43.7 Å². The highest BCUT2D eigenvalue weighted by Gasteiger charge is 2.75. The zero-order valence-electron chi connectivity index (χ0n) is 22.7. The molecule has 5 rings (SSSR count). The van der Waals surface area contributed by atoms with E-state index in [4.69, 9.17) is 9.47 Å². The molecule has 1 spiro atoms. The fourth-order valence-electron chi connectivity index (χ4n) is 6.78. The van der Waals surface area contributed by atoms with Crippen molar-refractivity contribution in [1.29, 1.82) is 0 Å². The van der Waals surface area contributed by atoms with Crippen LogP contribution in [-0.4, -0.2) is 91.2 Å². The van der Waals surface area contributed by atoms with E-state index in [0.717, 1.165) is 5.52 Å². The summed E-state index contributed by atoms with van der Waals surface area (Å²) in [7, 11) is 0. The van der Waals surface area contributed by atoms with Gasteiger partial charge in [0.2, 0.25) is 11.8 Å². The number of ether oxygens (including phenoxy) is 2. The molecule has 4 heterocycles. The van der Waals surface area contributed by atoms with Crippen LogP contribution in [0.1, 0.15) is 40.0 Å². The highest BCUT2D eigenvalue weighted by atomic mass is 16.6. The number of carbonyl (C=O) groups excluding carboxylic acids is 3. The topological polar surface area (TPSA) is 127 Å². The summed E-state index contributed by atoms with van der Waals surface area (Å²) in [6.45, 7) is 9.66. The lowest BCUT2D eigenvalue weighted by atomic mass is 9.70. The van der Waals surface area contributed by atoms with Crippen LogP contribution in [0, 0.1) is 17.8 Å². The van der Waals surface area contributed by atoms with Gasteiger partial charge < -0.3 is 24.4 Å². The number of hydrogen-bond acceptors (Lipinski definition) is 8. The molecule has 11 heteroatoms. The number of aromatic nitrogens is 3. The van der Waals surface area contributed by atoms with Gasteiger partial charge in [0.25, 0.3) is 0 Å². The molecular formula is C28H37N5O6. The minimum absolute atomic E-state index is 0.0858. The average Bonchev–Trinajstić information content (AvgIpc) is 3.68. The summed E-state index contributed by atoms with van der Waals surface area (Å²) < 4.78 is 13.5. The SMILES string of the molecule is C=CCN(Cn1nnc2ccccc21)C(=O)[C@H]1N([C@@H](CO)[C@@H](C)CC)C(=O)[C@@H]2[C@@H](C(=O)OCC)[C@H]3CC[C@]21O3. The summed E-state index contributed by atoms with van der Waals surface area (Å²) >= 11 is 0. The van der Waals surface area contributed by atoms with Crippen LogP contribution in [0.4, 0.5) is 0 Å². The van der Waals surface area contributed by atoms with E-state index in [2.05, 4.69) is 16.9 Å². The minimum atomic E-state index is -1.18. The number of carbonyl (C=O) groups is 3. The van der Waals surface area contributed by atoms with Gasteiger partial charge in [-0.3, -0.25) is 14.4 Å². The number of nitrogens with zero attached hydrogens (tertiary/aromatic N) is 5. The Hall–Kier alpha value is -3.31. The van der Waals surface area contributed by atoms with Crippen molar-refractivity contribution in [1.82, 2.24) is 24.8 Å². The molecule has 2 aromatic rings. The van der Waals surface area contributed by atoms with E-state index in [9.17, 15) is 19.5 Å². The first-order valence-corrected chi connectivity index (χ1v) is 13.8. The van der Waals surface area contributed by atoms with Crippen molar-refractivity contribution >= 4 is 28.8 Å². The Labute approximate surface area is 227 Å². The van der Waals surface area contributed by atoms with Crippen molar-refractivity contribution in [3.05, 3.63) is 36.9 Å². The average molecular weight is 540 g/mol. The Balaban J connectivity index is 1.57. The maximum absolute atomic E-state index is 14.6.